The van der Waals surface area contributed by atoms with Crippen LogP contribution in [-0.2, 0) is 14.3 Å². The number of alkyl halides is 1. The van der Waals surface area contributed by atoms with E-state index in [0.29, 0.717) is 38.9 Å². The molecule has 1 aliphatic rings. The topological polar surface area (TPSA) is 47.6 Å². The first-order valence-corrected chi connectivity index (χ1v) is 6.37. The zero-order chi connectivity index (χ0) is 11.6. The van der Waals surface area contributed by atoms with Crippen LogP contribution in [0.5, 0.6) is 0 Å². The molecule has 5 heteroatoms. The Labute approximate surface area is 102 Å². The molecule has 4 nitrogen and oxygen atoms in total. The third-order valence-corrected chi connectivity index (χ3v) is 2.73. The molecule has 0 aromatic rings. The smallest absolute Gasteiger partial charge is 0.223 e. The number of halogens is 1. The van der Waals surface area contributed by atoms with Crippen molar-refractivity contribution in [1.29, 1.82) is 0 Å². The molecule has 94 valence electrons. The quantitative estimate of drug-likeness (QED) is 0.544. The van der Waals surface area contributed by atoms with Gasteiger partial charge in [0.15, 0.2) is 0 Å². The second kappa shape index (κ2) is 8.79. The fraction of sp³-hybridized carbons (Fsp3) is 0.909. The molecule has 1 saturated heterocycles. The molecule has 16 heavy (non-hydrogen) atoms. The molecule has 1 fully saturated rings. The van der Waals surface area contributed by atoms with Crippen molar-refractivity contribution >= 4 is 17.5 Å². The largest absolute Gasteiger partial charge is 0.381 e. The van der Waals surface area contributed by atoms with Crippen molar-refractivity contribution in [1.82, 2.24) is 5.32 Å². The minimum atomic E-state index is 0.137. The zero-order valence-electron chi connectivity index (χ0n) is 9.54. The van der Waals surface area contributed by atoms with Crippen LogP contribution in [-0.4, -0.2) is 44.8 Å². The molecule has 0 atom stereocenters. The monoisotopic (exact) mass is 249 g/mol. The number of hydrogen-bond donors (Lipinski definition) is 1. The van der Waals surface area contributed by atoms with Gasteiger partial charge in [-0.2, -0.15) is 0 Å². The van der Waals surface area contributed by atoms with E-state index in [4.69, 9.17) is 21.1 Å². The lowest BCUT2D eigenvalue weighted by Gasteiger charge is -2.21. The summed E-state index contributed by atoms with van der Waals surface area (Å²) >= 11 is 5.46. The molecule has 1 heterocycles. The van der Waals surface area contributed by atoms with E-state index in [1.165, 1.54) is 0 Å². The van der Waals surface area contributed by atoms with Crippen LogP contribution in [0.25, 0.3) is 0 Å². The van der Waals surface area contributed by atoms with Crippen molar-refractivity contribution in [2.24, 2.45) is 5.92 Å². The highest BCUT2D eigenvalue weighted by molar-refractivity contribution is 6.17. The summed E-state index contributed by atoms with van der Waals surface area (Å²) in [7, 11) is 0. The molecule has 0 spiro atoms. The van der Waals surface area contributed by atoms with Crippen molar-refractivity contribution in [2.45, 2.75) is 19.3 Å². The first-order valence-electron chi connectivity index (χ1n) is 5.83. The molecule has 0 aliphatic carbocycles. The number of ether oxygens (including phenoxy) is 2. The highest BCUT2D eigenvalue weighted by Gasteiger charge is 2.20. The van der Waals surface area contributed by atoms with Crippen LogP contribution in [0.2, 0.25) is 0 Å². The van der Waals surface area contributed by atoms with E-state index in [0.717, 1.165) is 19.3 Å². The molecular weight excluding hydrogens is 230 g/mol. The van der Waals surface area contributed by atoms with Gasteiger partial charge in [0, 0.05) is 38.2 Å². The minimum Gasteiger partial charge on any atom is -0.381 e. The molecule has 0 bridgehead atoms. The molecule has 0 unspecified atom stereocenters. The first-order chi connectivity index (χ1) is 7.84. The van der Waals surface area contributed by atoms with Gasteiger partial charge in [0.25, 0.3) is 0 Å². The van der Waals surface area contributed by atoms with Crippen LogP contribution in [0.3, 0.4) is 0 Å². The van der Waals surface area contributed by atoms with Crippen molar-refractivity contribution in [3.63, 3.8) is 0 Å². The third kappa shape index (κ3) is 5.68. The molecule has 0 aromatic carbocycles. The lowest BCUT2D eigenvalue weighted by atomic mass is 9.99. The lowest BCUT2D eigenvalue weighted by molar-refractivity contribution is -0.127. The molecule has 1 aliphatic heterocycles. The SMILES string of the molecule is O=C(NCCCOCCCl)C1CCOCC1. The van der Waals surface area contributed by atoms with Gasteiger partial charge in [0.2, 0.25) is 5.91 Å². The maximum atomic E-state index is 11.7. The molecule has 0 radical (unpaired) electrons. The Morgan fingerprint density at radius 2 is 2.12 bits per heavy atom. The van der Waals surface area contributed by atoms with Crippen LogP contribution < -0.4 is 5.32 Å². The molecule has 1 rings (SSSR count). The summed E-state index contributed by atoms with van der Waals surface area (Å²) in [6, 6.07) is 0. The predicted octanol–water partition coefficient (Wildman–Crippen LogP) is 1.17. The maximum Gasteiger partial charge on any atom is 0.223 e. The van der Waals surface area contributed by atoms with Gasteiger partial charge >= 0.3 is 0 Å². The number of amides is 1. The number of carbonyl (C=O) groups excluding carboxylic acids is 1. The summed E-state index contributed by atoms with van der Waals surface area (Å²) < 4.78 is 10.4. The minimum absolute atomic E-state index is 0.137. The summed E-state index contributed by atoms with van der Waals surface area (Å²) in [5.41, 5.74) is 0. The second-order valence-corrected chi connectivity index (χ2v) is 4.21. The van der Waals surface area contributed by atoms with Crippen molar-refractivity contribution in [3.8, 4) is 0 Å². The summed E-state index contributed by atoms with van der Waals surface area (Å²) in [5.74, 6) is 0.812. The zero-order valence-corrected chi connectivity index (χ0v) is 10.3. The number of nitrogens with one attached hydrogen (secondary N) is 1. The Balaban J connectivity index is 1.97. The van der Waals surface area contributed by atoms with E-state index >= 15 is 0 Å². The number of rotatable bonds is 7. The van der Waals surface area contributed by atoms with Gasteiger partial charge in [-0.1, -0.05) is 0 Å². The van der Waals surface area contributed by atoms with E-state index in [9.17, 15) is 4.79 Å². The standard InChI is InChI=1S/C11H20ClNO3/c12-4-9-15-6-1-5-13-11(14)10-2-7-16-8-3-10/h10H,1-9H2,(H,13,14). The van der Waals surface area contributed by atoms with Gasteiger partial charge < -0.3 is 14.8 Å². The summed E-state index contributed by atoms with van der Waals surface area (Å²) in [6.07, 6.45) is 2.52. The van der Waals surface area contributed by atoms with Gasteiger partial charge in [-0.25, -0.2) is 0 Å². The van der Waals surface area contributed by atoms with Gasteiger partial charge in [0.05, 0.1) is 6.61 Å². The summed E-state index contributed by atoms with van der Waals surface area (Å²) in [5, 5.41) is 2.92. The van der Waals surface area contributed by atoms with Gasteiger partial charge in [-0.3, -0.25) is 4.79 Å². The normalized spacial score (nSPS) is 17.3. The second-order valence-electron chi connectivity index (χ2n) is 3.83. The highest BCUT2D eigenvalue weighted by atomic mass is 35.5. The third-order valence-electron chi connectivity index (χ3n) is 2.58. The molecule has 0 saturated carbocycles. The summed E-state index contributed by atoms with van der Waals surface area (Å²) in [6.45, 7) is 3.32. The molecular formula is C11H20ClNO3. The molecule has 0 aromatic heterocycles. The van der Waals surface area contributed by atoms with Crippen LogP contribution >= 0.6 is 11.6 Å². The molecule has 1 N–H and O–H groups in total. The van der Waals surface area contributed by atoms with E-state index < -0.39 is 0 Å². The lowest BCUT2D eigenvalue weighted by Crippen LogP contribution is -2.35. The maximum absolute atomic E-state index is 11.7. The van der Waals surface area contributed by atoms with Crippen molar-refractivity contribution in [2.75, 3.05) is 38.9 Å². The Morgan fingerprint density at radius 1 is 1.38 bits per heavy atom. The van der Waals surface area contributed by atoms with Crippen LogP contribution in [0.1, 0.15) is 19.3 Å². The van der Waals surface area contributed by atoms with E-state index in [-0.39, 0.29) is 11.8 Å². The summed E-state index contributed by atoms with van der Waals surface area (Å²) in [4.78, 5) is 11.7. The van der Waals surface area contributed by atoms with Crippen LogP contribution in [0.4, 0.5) is 0 Å². The Hall–Kier alpha value is -0.320. The fourth-order valence-electron chi connectivity index (χ4n) is 1.65. The van der Waals surface area contributed by atoms with Gasteiger partial charge in [-0.05, 0) is 19.3 Å². The van der Waals surface area contributed by atoms with Crippen molar-refractivity contribution in [3.05, 3.63) is 0 Å². The van der Waals surface area contributed by atoms with E-state index in [2.05, 4.69) is 5.32 Å². The van der Waals surface area contributed by atoms with Crippen LogP contribution in [0, 0.1) is 5.92 Å². The molecule has 1 amide bonds. The predicted molar refractivity (Wildman–Crippen MR) is 62.7 cm³/mol. The highest BCUT2D eigenvalue weighted by Crippen LogP contribution is 2.14. The van der Waals surface area contributed by atoms with Crippen LogP contribution in [0.15, 0.2) is 0 Å². The van der Waals surface area contributed by atoms with E-state index in [1.807, 2.05) is 0 Å². The van der Waals surface area contributed by atoms with Gasteiger partial charge in [0.1, 0.15) is 0 Å². The Morgan fingerprint density at radius 3 is 2.81 bits per heavy atom. The Kier molecular flexibility index (Phi) is 7.55. The average molecular weight is 250 g/mol. The van der Waals surface area contributed by atoms with Crippen molar-refractivity contribution < 1.29 is 14.3 Å². The average Bonchev–Trinajstić information content (AvgIpc) is 2.34. The number of carbonyl (C=O) groups is 1. The van der Waals surface area contributed by atoms with Gasteiger partial charge in [-0.15, -0.1) is 11.6 Å². The van der Waals surface area contributed by atoms with E-state index in [1.54, 1.807) is 0 Å². The number of hydrogen-bond acceptors (Lipinski definition) is 3. The fourth-order valence-corrected chi connectivity index (χ4v) is 1.76. The first kappa shape index (κ1) is 13.7. The Bertz CT molecular complexity index is 196.